The lowest BCUT2D eigenvalue weighted by Gasteiger charge is -2.27. The first-order valence-electron chi connectivity index (χ1n) is 9.38. The van der Waals surface area contributed by atoms with Crippen LogP contribution in [0.25, 0.3) is 0 Å². The highest BCUT2D eigenvalue weighted by atomic mass is 16.5. The van der Waals surface area contributed by atoms with Crippen LogP contribution in [0.1, 0.15) is 75.1 Å². The number of carbonyl (C=O) groups excluding carboxylic acids is 1. The minimum atomic E-state index is -0.574. The van der Waals surface area contributed by atoms with E-state index in [4.69, 9.17) is 9.47 Å². The number of cyclic esters (lactones) is 1. The molecule has 0 amide bonds. The van der Waals surface area contributed by atoms with Crippen molar-refractivity contribution in [1.82, 2.24) is 0 Å². The van der Waals surface area contributed by atoms with Gasteiger partial charge in [-0.05, 0) is 56.2 Å². The predicted molar refractivity (Wildman–Crippen MR) is 97.1 cm³/mol. The van der Waals surface area contributed by atoms with Gasteiger partial charge in [0.2, 0.25) is 0 Å². The Morgan fingerprint density at radius 1 is 1.36 bits per heavy atom. The maximum atomic E-state index is 11.6. The Labute approximate surface area is 150 Å². The second-order valence-corrected chi connectivity index (χ2v) is 8.51. The van der Waals surface area contributed by atoms with Gasteiger partial charge in [-0.3, -0.25) is 4.79 Å². The fourth-order valence-electron chi connectivity index (χ4n) is 4.10. The molecule has 2 aliphatic rings. The molecule has 25 heavy (non-hydrogen) atoms. The monoisotopic (exact) mass is 346 g/mol. The van der Waals surface area contributed by atoms with E-state index >= 15 is 0 Å². The molecule has 0 bridgehead atoms. The summed E-state index contributed by atoms with van der Waals surface area (Å²) in [6.07, 6.45) is 2.32. The number of hydrogen-bond donors (Lipinski definition) is 1. The first-order chi connectivity index (χ1) is 11.7. The second kappa shape index (κ2) is 6.64. The molecule has 1 aromatic carbocycles. The Hall–Kier alpha value is -1.55. The van der Waals surface area contributed by atoms with Crippen LogP contribution in [-0.2, 0) is 22.4 Å². The number of fused-ring (bicyclic) bond motifs is 1. The van der Waals surface area contributed by atoms with E-state index in [9.17, 15) is 9.90 Å². The molecule has 1 fully saturated rings. The summed E-state index contributed by atoms with van der Waals surface area (Å²) in [4.78, 5) is 11.6. The molecular weight excluding hydrogens is 316 g/mol. The lowest BCUT2D eigenvalue weighted by Crippen LogP contribution is -2.32. The molecule has 0 spiro atoms. The molecule has 2 heterocycles. The van der Waals surface area contributed by atoms with Gasteiger partial charge >= 0.3 is 5.97 Å². The maximum absolute atomic E-state index is 11.6. The summed E-state index contributed by atoms with van der Waals surface area (Å²) in [5.41, 5.74) is 5.00. The summed E-state index contributed by atoms with van der Waals surface area (Å²) in [6, 6.07) is 2.30. The van der Waals surface area contributed by atoms with Gasteiger partial charge in [0.25, 0.3) is 0 Å². The van der Waals surface area contributed by atoms with Crippen molar-refractivity contribution < 1.29 is 19.4 Å². The van der Waals surface area contributed by atoms with Crippen LogP contribution in [0.2, 0.25) is 0 Å². The minimum absolute atomic E-state index is 0.116. The van der Waals surface area contributed by atoms with Crippen molar-refractivity contribution in [2.24, 2.45) is 0 Å². The van der Waals surface area contributed by atoms with Crippen molar-refractivity contribution in [3.8, 4) is 5.75 Å². The fourth-order valence-corrected chi connectivity index (χ4v) is 4.10. The van der Waals surface area contributed by atoms with Crippen molar-refractivity contribution in [2.75, 3.05) is 0 Å². The highest BCUT2D eigenvalue weighted by molar-refractivity contribution is 5.71. The molecule has 0 aliphatic carbocycles. The van der Waals surface area contributed by atoms with E-state index in [1.165, 1.54) is 22.3 Å². The Kier molecular flexibility index (Phi) is 4.84. The van der Waals surface area contributed by atoms with Crippen LogP contribution < -0.4 is 4.74 Å². The topological polar surface area (TPSA) is 55.8 Å². The third kappa shape index (κ3) is 3.84. The predicted octanol–water partition coefficient (Wildman–Crippen LogP) is 3.83. The molecule has 2 atom stereocenters. The van der Waals surface area contributed by atoms with Gasteiger partial charge in [-0.25, -0.2) is 0 Å². The van der Waals surface area contributed by atoms with Crippen LogP contribution in [0, 0.1) is 6.92 Å². The van der Waals surface area contributed by atoms with Gasteiger partial charge in [0.15, 0.2) is 0 Å². The molecule has 1 aromatic rings. The lowest BCUT2D eigenvalue weighted by atomic mass is 9.87. The zero-order valence-corrected chi connectivity index (χ0v) is 16.0. The first kappa shape index (κ1) is 18.2. The van der Waals surface area contributed by atoms with Crippen molar-refractivity contribution >= 4 is 5.97 Å². The van der Waals surface area contributed by atoms with Crippen LogP contribution >= 0.6 is 0 Å². The minimum Gasteiger partial charge on any atom is -0.487 e. The summed E-state index contributed by atoms with van der Waals surface area (Å²) in [6.45, 7) is 10.8. The highest BCUT2D eigenvalue weighted by Gasteiger charge is 2.35. The average molecular weight is 346 g/mol. The third-order valence-electron chi connectivity index (χ3n) is 5.30. The summed E-state index contributed by atoms with van der Waals surface area (Å²) in [5, 5.41) is 9.82. The molecule has 2 aliphatic heterocycles. The van der Waals surface area contributed by atoms with Crippen molar-refractivity contribution in [2.45, 2.75) is 90.4 Å². The third-order valence-corrected chi connectivity index (χ3v) is 5.30. The Morgan fingerprint density at radius 2 is 2.08 bits per heavy atom. The van der Waals surface area contributed by atoms with Crippen molar-refractivity contribution in [3.63, 3.8) is 0 Å². The van der Waals surface area contributed by atoms with Crippen molar-refractivity contribution in [3.05, 3.63) is 28.3 Å². The number of aliphatic hydroxyl groups is 1. The standard InChI is InChI=1S/C21H30O4/c1-12(2)17-8-13(3)18-11-21(4,5)25-20(18)16(17)7-6-15-9-14(22)10-19(23)24-15/h8,12,14-15,22H,6-7,9-11H2,1-5H3/t14-,15-/m0/s1. The molecule has 0 aromatic heterocycles. The van der Waals surface area contributed by atoms with Gasteiger partial charge in [0, 0.05) is 18.4 Å². The van der Waals surface area contributed by atoms with E-state index in [1.807, 2.05) is 0 Å². The van der Waals surface area contributed by atoms with E-state index in [0.29, 0.717) is 12.3 Å². The number of aliphatic hydroxyl groups excluding tert-OH is 1. The molecule has 0 saturated carbocycles. The Balaban J connectivity index is 1.87. The lowest BCUT2D eigenvalue weighted by molar-refractivity contribution is -0.160. The zero-order valence-electron chi connectivity index (χ0n) is 16.0. The molecule has 0 radical (unpaired) electrons. The first-order valence-corrected chi connectivity index (χ1v) is 9.38. The summed E-state index contributed by atoms with van der Waals surface area (Å²) < 4.78 is 11.7. The largest absolute Gasteiger partial charge is 0.487 e. The van der Waals surface area contributed by atoms with Gasteiger partial charge in [-0.1, -0.05) is 19.9 Å². The average Bonchev–Trinajstić information content (AvgIpc) is 2.81. The highest BCUT2D eigenvalue weighted by Crippen LogP contribution is 2.43. The van der Waals surface area contributed by atoms with Gasteiger partial charge in [0.05, 0.1) is 12.5 Å². The van der Waals surface area contributed by atoms with Gasteiger partial charge in [-0.15, -0.1) is 0 Å². The number of rotatable bonds is 4. The number of benzene rings is 1. The fraction of sp³-hybridized carbons (Fsp3) is 0.667. The van der Waals surface area contributed by atoms with Gasteiger partial charge in [0.1, 0.15) is 17.5 Å². The van der Waals surface area contributed by atoms with E-state index < -0.39 is 6.10 Å². The van der Waals surface area contributed by atoms with Crippen molar-refractivity contribution in [1.29, 1.82) is 0 Å². The van der Waals surface area contributed by atoms with Crippen LogP contribution in [0.15, 0.2) is 6.07 Å². The number of aryl methyl sites for hydroxylation is 1. The SMILES string of the molecule is Cc1cc(C(C)C)c(CC[C@H]2C[C@H](O)CC(=O)O2)c2c1CC(C)(C)O2. The molecule has 4 heteroatoms. The van der Waals surface area contributed by atoms with Crippen LogP contribution in [0.5, 0.6) is 5.75 Å². The number of carbonyl (C=O) groups is 1. The van der Waals surface area contributed by atoms with Crippen LogP contribution in [-0.4, -0.2) is 28.9 Å². The van der Waals surface area contributed by atoms with Gasteiger partial charge < -0.3 is 14.6 Å². The molecule has 3 rings (SSSR count). The normalized spacial score (nSPS) is 24.8. The number of ether oxygens (including phenoxy) is 2. The summed E-state index contributed by atoms with van der Waals surface area (Å²) in [5.74, 6) is 1.15. The quantitative estimate of drug-likeness (QED) is 0.842. The van der Waals surface area contributed by atoms with E-state index in [-0.39, 0.29) is 24.1 Å². The maximum Gasteiger partial charge on any atom is 0.308 e. The van der Waals surface area contributed by atoms with Crippen LogP contribution in [0.4, 0.5) is 0 Å². The van der Waals surface area contributed by atoms with E-state index in [1.54, 1.807) is 0 Å². The number of hydrogen-bond acceptors (Lipinski definition) is 4. The molecule has 4 nitrogen and oxygen atoms in total. The second-order valence-electron chi connectivity index (χ2n) is 8.51. The van der Waals surface area contributed by atoms with Gasteiger partial charge in [-0.2, -0.15) is 0 Å². The van der Waals surface area contributed by atoms with Crippen LogP contribution in [0.3, 0.4) is 0 Å². The Morgan fingerprint density at radius 3 is 2.72 bits per heavy atom. The van der Waals surface area contributed by atoms with E-state index in [0.717, 1.165) is 25.0 Å². The van der Waals surface area contributed by atoms with E-state index in [2.05, 4.69) is 40.7 Å². The molecule has 1 saturated heterocycles. The molecule has 0 unspecified atom stereocenters. The zero-order chi connectivity index (χ0) is 18.4. The molecule has 138 valence electrons. The summed E-state index contributed by atoms with van der Waals surface area (Å²) >= 11 is 0. The molecular formula is C21H30O4. The smallest absolute Gasteiger partial charge is 0.308 e. The number of esters is 1. The molecule has 1 N–H and O–H groups in total. The Bertz CT molecular complexity index is 675. The summed E-state index contributed by atoms with van der Waals surface area (Å²) in [7, 11) is 0.